The Morgan fingerprint density at radius 3 is 1.56 bits per heavy atom. The van der Waals surface area contributed by atoms with Crippen LogP contribution in [0.15, 0.2) is 36.4 Å². The highest BCUT2D eigenvalue weighted by molar-refractivity contribution is 5.94. The fraction of sp³-hybridized carbons (Fsp3) is 0.591. The summed E-state index contributed by atoms with van der Waals surface area (Å²) >= 11 is 0. The van der Waals surface area contributed by atoms with Crippen LogP contribution < -0.4 is 15.4 Å². The molecule has 0 saturated heterocycles. The van der Waals surface area contributed by atoms with Crippen LogP contribution in [0.3, 0.4) is 0 Å². The van der Waals surface area contributed by atoms with E-state index in [-0.39, 0.29) is 76.8 Å². The fourth-order valence-electron chi connectivity index (χ4n) is 5.76. The van der Waals surface area contributed by atoms with Crippen LogP contribution in [0, 0.1) is 29.1 Å². The molecule has 1 aliphatic rings. The molecule has 17 nitrogen and oxygen atoms in total. The number of nitrogens with one attached hydrogen (secondary N) is 2. The molecule has 0 unspecified atom stereocenters. The van der Waals surface area contributed by atoms with Crippen LogP contribution in [0.5, 0.6) is 5.75 Å². The lowest BCUT2D eigenvalue weighted by Crippen LogP contribution is -2.48. The molecule has 0 saturated carbocycles. The normalized spacial score (nSPS) is 16.6. The van der Waals surface area contributed by atoms with Crippen molar-refractivity contribution in [2.45, 2.75) is 57.3 Å². The lowest BCUT2D eigenvalue weighted by atomic mass is 9.87. The molecular weight excluding hydrogens is 891 g/mol. The smallest absolute Gasteiger partial charge is 0.426 e. The Morgan fingerprint density at radius 1 is 0.621 bits per heavy atom. The van der Waals surface area contributed by atoms with Gasteiger partial charge in [-0.1, -0.05) is 30.3 Å². The first-order chi connectivity index (χ1) is 31.8. The van der Waals surface area contributed by atoms with Gasteiger partial charge in [-0.2, -0.15) is 8.78 Å². The van der Waals surface area contributed by atoms with Gasteiger partial charge in [-0.05, 0) is 44.2 Å². The molecule has 370 valence electrons. The Hall–Kier alpha value is -4.65. The molecule has 0 fully saturated rings. The molecule has 1 aliphatic carbocycles. The second-order valence-corrected chi connectivity index (χ2v) is 14.4. The molecule has 0 aromatic heterocycles. The highest BCUT2D eigenvalue weighted by Crippen LogP contribution is 2.30. The van der Waals surface area contributed by atoms with E-state index in [2.05, 4.69) is 15.4 Å². The van der Waals surface area contributed by atoms with Crippen molar-refractivity contribution >= 4 is 23.8 Å². The number of Topliss-reactive ketones (excluding diaryl/α,β-unsaturated/α-hetero) is 1. The number of ether oxygens (including phenoxy) is 10. The van der Waals surface area contributed by atoms with Gasteiger partial charge in [-0.15, -0.1) is 0 Å². The Morgan fingerprint density at radius 2 is 1.08 bits per heavy atom. The number of hydrogen-bond donors (Lipinski definition) is 3. The predicted molar refractivity (Wildman–Crippen MR) is 222 cm³/mol. The molecule has 0 spiro atoms. The molecule has 22 heteroatoms. The molecule has 2 amide bonds. The number of rotatable bonds is 33. The van der Waals surface area contributed by atoms with Crippen LogP contribution in [-0.4, -0.2) is 153 Å². The van der Waals surface area contributed by atoms with Gasteiger partial charge in [0.1, 0.15) is 11.7 Å². The van der Waals surface area contributed by atoms with Crippen molar-refractivity contribution in [3.05, 3.63) is 76.6 Å². The number of ketones is 1. The highest BCUT2D eigenvalue weighted by atomic mass is 19.2. The van der Waals surface area contributed by atoms with Crippen molar-refractivity contribution in [2.24, 2.45) is 0 Å². The zero-order valence-corrected chi connectivity index (χ0v) is 36.9. The summed E-state index contributed by atoms with van der Waals surface area (Å²) < 4.78 is 121. The third-order valence-corrected chi connectivity index (χ3v) is 9.40. The van der Waals surface area contributed by atoms with Gasteiger partial charge in [0.25, 0.3) is 5.91 Å². The number of aliphatic hydroxyl groups is 1. The summed E-state index contributed by atoms with van der Waals surface area (Å²) in [5, 5.41) is 16.4. The van der Waals surface area contributed by atoms with Gasteiger partial charge in [-0.3, -0.25) is 14.4 Å². The number of allylic oxidation sites excluding steroid dienone is 1. The van der Waals surface area contributed by atoms with Crippen LogP contribution in [0.4, 0.5) is 26.7 Å². The van der Waals surface area contributed by atoms with Gasteiger partial charge in [0.2, 0.25) is 40.7 Å². The Bertz CT molecular complexity index is 1780. The van der Waals surface area contributed by atoms with Gasteiger partial charge < -0.3 is 63.1 Å². The molecular formula is C44H59F5N2O15. The minimum atomic E-state index is -2.42. The standard InChI is InChI=1S/C44H59F5N2O15/c1-31(52)33-7-5-32(6-8-33)30-51-35(53)10-14-57-16-18-59-20-22-61-24-26-63-28-29-64-27-25-62-23-21-60-19-17-58-15-13-50-42(54)44(56)11-3-2-4-34(9-12-44)65-43(55)66-41-39(48)37(46)36(45)38(47)40(41)49/h2,4-8,34,56H,3,9-30H2,1H3,(H,50,54)(H,51,53)/b4-2+/t34-,44-/m0/s1. The molecule has 0 heterocycles. The molecule has 2 atom stereocenters. The first kappa shape index (κ1) is 55.7. The lowest BCUT2D eigenvalue weighted by molar-refractivity contribution is -0.142. The van der Waals surface area contributed by atoms with Crippen LogP contribution in [0.25, 0.3) is 0 Å². The molecule has 3 rings (SSSR count). The van der Waals surface area contributed by atoms with Gasteiger partial charge >= 0.3 is 6.16 Å². The minimum Gasteiger partial charge on any atom is -0.426 e. The van der Waals surface area contributed by atoms with Crippen LogP contribution in [0.1, 0.15) is 54.9 Å². The number of hydrogen-bond acceptors (Lipinski definition) is 15. The molecule has 0 radical (unpaired) electrons. The Kier molecular flexibility index (Phi) is 27.1. The van der Waals surface area contributed by atoms with Crippen molar-refractivity contribution < 1.29 is 93.6 Å². The van der Waals surface area contributed by atoms with E-state index in [0.717, 1.165) is 5.56 Å². The topological polar surface area (TPSA) is 205 Å². The van der Waals surface area contributed by atoms with Crippen LogP contribution >= 0.6 is 0 Å². The number of benzene rings is 2. The maximum atomic E-state index is 13.9. The van der Waals surface area contributed by atoms with E-state index in [1.807, 2.05) is 12.1 Å². The largest absolute Gasteiger partial charge is 0.514 e. The first-order valence-corrected chi connectivity index (χ1v) is 21.4. The summed E-state index contributed by atoms with van der Waals surface area (Å²) in [6.07, 6.45) is 0.0644. The summed E-state index contributed by atoms with van der Waals surface area (Å²) in [6, 6.07) is 7.09. The molecule has 2 aromatic rings. The van der Waals surface area contributed by atoms with Gasteiger partial charge in [0.15, 0.2) is 5.78 Å². The SMILES string of the molecule is CC(=O)c1ccc(CNC(=O)CCOCCOCCOCCOCCOCCOCCOCCOCCNC(=O)[C@]2(O)CC/C=C/[C@H](OC(=O)Oc3c(F)c(F)c(F)c(F)c3F)CC2)cc1. The zero-order valence-electron chi connectivity index (χ0n) is 36.9. The summed E-state index contributed by atoms with van der Waals surface area (Å²) in [4.78, 5) is 48.2. The van der Waals surface area contributed by atoms with Gasteiger partial charge in [0.05, 0.1) is 106 Å². The van der Waals surface area contributed by atoms with E-state index < -0.39 is 58.6 Å². The summed E-state index contributed by atoms with van der Waals surface area (Å²) in [5.41, 5.74) is -0.331. The monoisotopic (exact) mass is 950 g/mol. The third-order valence-electron chi connectivity index (χ3n) is 9.40. The van der Waals surface area contributed by atoms with Crippen LogP contribution in [0.2, 0.25) is 0 Å². The quantitative estimate of drug-likeness (QED) is 0.0134. The van der Waals surface area contributed by atoms with Crippen molar-refractivity contribution in [1.29, 1.82) is 0 Å². The minimum absolute atomic E-state index is 0.00539. The second kappa shape index (κ2) is 32.1. The molecule has 0 aliphatic heterocycles. The summed E-state index contributed by atoms with van der Waals surface area (Å²) in [7, 11) is 0. The van der Waals surface area contributed by atoms with E-state index in [1.165, 1.54) is 19.1 Å². The molecule has 3 N–H and O–H groups in total. The maximum absolute atomic E-state index is 13.9. The third kappa shape index (κ3) is 21.8. The molecule has 2 aromatic carbocycles. The average Bonchev–Trinajstić information content (AvgIpc) is 3.30. The molecule has 0 bridgehead atoms. The Labute approximate surface area is 379 Å². The number of carbonyl (C=O) groups excluding carboxylic acids is 4. The fourth-order valence-corrected chi connectivity index (χ4v) is 5.76. The highest BCUT2D eigenvalue weighted by Gasteiger charge is 2.37. The Balaban J connectivity index is 1.04. The first-order valence-electron chi connectivity index (χ1n) is 21.4. The summed E-state index contributed by atoms with van der Waals surface area (Å²) in [6.45, 7) is 7.44. The van der Waals surface area contributed by atoms with E-state index in [9.17, 15) is 46.2 Å². The van der Waals surface area contributed by atoms with Crippen molar-refractivity contribution in [3.8, 4) is 5.75 Å². The van der Waals surface area contributed by atoms with Crippen molar-refractivity contribution in [3.63, 3.8) is 0 Å². The maximum Gasteiger partial charge on any atom is 0.514 e. The van der Waals surface area contributed by atoms with E-state index in [4.69, 9.17) is 42.6 Å². The van der Waals surface area contributed by atoms with E-state index in [1.54, 1.807) is 12.1 Å². The van der Waals surface area contributed by atoms with Crippen molar-refractivity contribution in [1.82, 2.24) is 10.6 Å². The second-order valence-electron chi connectivity index (χ2n) is 14.4. The summed E-state index contributed by atoms with van der Waals surface area (Å²) in [5.74, 6) is -14.4. The zero-order chi connectivity index (χ0) is 48.0. The van der Waals surface area contributed by atoms with E-state index >= 15 is 0 Å². The number of halogens is 5. The van der Waals surface area contributed by atoms with Crippen molar-refractivity contribution in [2.75, 3.05) is 112 Å². The number of amides is 2. The van der Waals surface area contributed by atoms with Crippen LogP contribution in [-0.2, 0) is 58.8 Å². The van der Waals surface area contributed by atoms with Gasteiger partial charge in [-0.25, -0.2) is 18.0 Å². The average molecular weight is 951 g/mol. The lowest BCUT2D eigenvalue weighted by Gasteiger charge is -2.29. The predicted octanol–water partition coefficient (Wildman–Crippen LogP) is 4.29. The molecule has 66 heavy (non-hydrogen) atoms. The van der Waals surface area contributed by atoms with E-state index in [0.29, 0.717) is 91.4 Å². The number of carbonyl (C=O) groups is 4. The van der Waals surface area contributed by atoms with Gasteiger partial charge in [0, 0.05) is 25.1 Å².